The zero-order chi connectivity index (χ0) is 12.1. The Kier molecular flexibility index (Phi) is 4.87. The summed E-state index contributed by atoms with van der Waals surface area (Å²) in [6.07, 6.45) is 0. The lowest BCUT2D eigenvalue weighted by molar-refractivity contribution is 0.0755. The largest absolute Gasteiger partial charge is 0.339 e. The Labute approximate surface area is 102 Å². The van der Waals surface area contributed by atoms with E-state index in [4.69, 9.17) is 0 Å². The third-order valence-electron chi connectivity index (χ3n) is 2.51. The topological polar surface area (TPSA) is 20.3 Å². The number of benzene rings is 1. The molecule has 0 radical (unpaired) electrons. The van der Waals surface area contributed by atoms with Crippen LogP contribution in [0.15, 0.2) is 29.2 Å². The highest BCUT2D eigenvalue weighted by Gasteiger charge is 2.13. The summed E-state index contributed by atoms with van der Waals surface area (Å²) in [7, 11) is 1.84. The number of carbonyl (C=O) groups is 1. The van der Waals surface area contributed by atoms with Gasteiger partial charge in [-0.1, -0.05) is 6.92 Å². The highest BCUT2D eigenvalue weighted by molar-refractivity contribution is 7.99. The number of nitrogens with zero attached hydrogens (tertiary/aromatic N) is 1. The average molecular weight is 237 g/mol. The number of amides is 1. The van der Waals surface area contributed by atoms with Crippen molar-refractivity contribution in [3.8, 4) is 0 Å². The predicted molar refractivity (Wildman–Crippen MR) is 70.1 cm³/mol. The second kappa shape index (κ2) is 5.94. The Balaban J connectivity index is 2.77. The smallest absolute Gasteiger partial charge is 0.253 e. The summed E-state index contributed by atoms with van der Waals surface area (Å²) < 4.78 is 0. The molecule has 0 N–H and O–H groups in total. The molecule has 88 valence electrons. The summed E-state index contributed by atoms with van der Waals surface area (Å²) in [5.74, 6) is 1.14. The highest BCUT2D eigenvalue weighted by Crippen LogP contribution is 2.18. The summed E-state index contributed by atoms with van der Waals surface area (Å²) in [6.45, 7) is 6.15. The maximum Gasteiger partial charge on any atom is 0.253 e. The number of carbonyl (C=O) groups excluding carboxylic acids is 1. The van der Waals surface area contributed by atoms with Gasteiger partial charge in [0.25, 0.3) is 5.91 Å². The first-order valence-corrected chi connectivity index (χ1v) is 6.54. The van der Waals surface area contributed by atoms with E-state index in [1.807, 2.05) is 45.2 Å². The minimum absolute atomic E-state index is 0.0862. The van der Waals surface area contributed by atoms with E-state index in [2.05, 4.69) is 6.92 Å². The van der Waals surface area contributed by atoms with E-state index in [0.717, 1.165) is 11.3 Å². The molecule has 0 aliphatic carbocycles. The molecule has 0 fully saturated rings. The first-order chi connectivity index (χ1) is 7.56. The molecule has 0 aliphatic rings. The van der Waals surface area contributed by atoms with Crippen molar-refractivity contribution in [3.05, 3.63) is 29.8 Å². The Morgan fingerprint density at radius 3 is 2.31 bits per heavy atom. The van der Waals surface area contributed by atoms with Gasteiger partial charge in [-0.2, -0.15) is 0 Å². The van der Waals surface area contributed by atoms with E-state index < -0.39 is 0 Å². The molecule has 1 amide bonds. The lowest BCUT2D eigenvalue weighted by atomic mass is 10.2. The van der Waals surface area contributed by atoms with Gasteiger partial charge in [-0.3, -0.25) is 4.79 Å². The summed E-state index contributed by atoms with van der Waals surface area (Å²) in [4.78, 5) is 14.9. The SMILES string of the molecule is CCSc1ccc(C(=O)N(C)C(C)C)cc1. The van der Waals surface area contributed by atoms with Crippen LogP contribution >= 0.6 is 11.8 Å². The monoisotopic (exact) mass is 237 g/mol. The van der Waals surface area contributed by atoms with E-state index in [9.17, 15) is 4.79 Å². The molecule has 3 heteroatoms. The van der Waals surface area contributed by atoms with Crippen molar-refractivity contribution in [2.75, 3.05) is 12.8 Å². The summed E-state index contributed by atoms with van der Waals surface area (Å²) in [5.41, 5.74) is 0.761. The minimum Gasteiger partial charge on any atom is -0.339 e. The van der Waals surface area contributed by atoms with Gasteiger partial charge in [0.2, 0.25) is 0 Å². The quantitative estimate of drug-likeness (QED) is 0.749. The number of thioether (sulfide) groups is 1. The molecule has 0 saturated heterocycles. The molecule has 0 aliphatic heterocycles. The Morgan fingerprint density at radius 2 is 1.88 bits per heavy atom. The van der Waals surface area contributed by atoms with Gasteiger partial charge < -0.3 is 4.90 Å². The zero-order valence-electron chi connectivity index (χ0n) is 10.4. The van der Waals surface area contributed by atoms with Crippen molar-refractivity contribution in [1.82, 2.24) is 4.90 Å². The van der Waals surface area contributed by atoms with Crippen LogP contribution in [0.5, 0.6) is 0 Å². The molecule has 1 aromatic carbocycles. The maximum atomic E-state index is 12.0. The molecule has 2 nitrogen and oxygen atoms in total. The van der Waals surface area contributed by atoms with Crippen LogP contribution in [0.2, 0.25) is 0 Å². The lowest BCUT2D eigenvalue weighted by Crippen LogP contribution is -2.32. The molecule has 0 unspecified atom stereocenters. The van der Waals surface area contributed by atoms with E-state index >= 15 is 0 Å². The van der Waals surface area contributed by atoms with Gasteiger partial charge in [-0.25, -0.2) is 0 Å². The van der Waals surface area contributed by atoms with E-state index in [0.29, 0.717) is 0 Å². The molecule has 1 rings (SSSR count). The molecule has 0 aromatic heterocycles. The van der Waals surface area contributed by atoms with Gasteiger partial charge >= 0.3 is 0 Å². The summed E-state index contributed by atoms with van der Waals surface area (Å²) in [6, 6.07) is 8.06. The Bertz CT molecular complexity index is 345. The van der Waals surface area contributed by atoms with Gasteiger partial charge in [0, 0.05) is 23.5 Å². The van der Waals surface area contributed by atoms with Crippen LogP contribution < -0.4 is 0 Å². The Morgan fingerprint density at radius 1 is 1.31 bits per heavy atom. The number of rotatable bonds is 4. The second-order valence-electron chi connectivity index (χ2n) is 3.97. The van der Waals surface area contributed by atoms with Crippen molar-refractivity contribution in [2.45, 2.75) is 31.7 Å². The molecule has 0 saturated carbocycles. The fourth-order valence-electron chi connectivity index (χ4n) is 1.30. The third-order valence-corrected chi connectivity index (χ3v) is 3.40. The molecule has 0 spiro atoms. The Hall–Kier alpha value is -0.960. The van der Waals surface area contributed by atoms with Gasteiger partial charge in [0.15, 0.2) is 0 Å². The molecule has 16 heavy (non-hydrogen) atoms. The van der Waals surface area contributed by atoms with Gasteiger partial charge in [0.05, 0.1) is 0 Å². The zero-order valence-corrected chi connectivity index (χ0v) is 11.2. The predicted octanol–water partition coefficient (Wildman–Crippen LogP) is 3.28. The fraction of sp³-hybridized carbons (Fsp3) is 0.462. The number of hydrogen-bond acceptors (Lipinski definition) is 2. The van der Waals surface area contributed by atoms with Crippen LogP contribution in [-0.4, -0.2) is 29.6 Å². The van der Waals surface area contributed by atoms with Gasteiger partial charge in [-0.15, -0.1) is 11.8 Å². The molecule has 1 aromatic rings. The average Bonchev–Trinajstić information content (AvgIpc) is 2.28. The van der Waals surface area contributed by atoms with Crippen LogP contribution in [0.4, 0.5) is 0 Å². The van der Waals surface area contributed by atoms with Crippen LogP contribution in [0, 0.1) is 0 Å². The lowest BCUT2D eigenvalue weighted by Gasteiger charge is -2.21. The molecule has 0 atom stereocenters. The van der Waals surface area contributed by atoms with Gasteiger partial charge in [-0.05, 0) is 43.9 Å². The van der Waals surface area contributed by atoms with Crippen molar-refractivity contribution >= 4 is 17.7 Å². The van der Waals surface area contributed by atoms with Gasteiger partial charge in [0.1, 0.15) is 0 Å². The van der Waals surface area contributed by atoms with E-state index in [1.54, 1.807) is 16.7 Å². The van der Waals surface area contributed by atoms with Crippen LogP contribution in [-0.2, 0) is 0 Å². The van der Waals surface area contributed by atoms with Crippen LogP contribution in [0.3, 0.4) is 0 Å². The minimum atomic E-state index is 0.0862. The summed E-state index contributed by atoms with van der Waals surface area (Å²) >= 11 is 1.79. The first-order valence-electron chi connectivity index (χ1n) is 5.56. The van der Waals surface area contributed by atoms with Crippen molar-refractivity contribution in [2.24, 2.45) is 0 Å². The molecular weight excluding hydrogens is 218 g/mol. The van der Waals surface area contributed by atoms with Crippen molar-refractivity contribution in [1.29, 1.82) is 0 Å². The standard InChI is InChI=1S/C13H19NOS/c1-5-16-12-8-6-11(7-9-12)13(15)14(4)10(2)3/h6-10H,5H2,1-4H3. The van der Waals surface area contributed by atoms with E-state index in [1.165, 1.54) is 4.90 Å². The third kappa shape index (κ3) is 3.27. The maximum absolute atomic E-state index is 12.0. The van der Waals surface area contributed by atoms with Crippen molar-refractivity contribution in [3.63, 3.8) is 0 Å². The van der Waals surface area contributed by atoms with E-state index in [-0.39, 0.29) is 11.9 Å². The molecule has 0 heterocycles. The first kappa shape index (κ1) is 13.1. The normalized spacial score (nSPS) is 10.6. The van der Waals surface area contributed by atoms with Crippen molar-refractivity contribution < 1.29 is 4.79 Å². The highest BCUT2D eigenvalue weighted by atomic mass is 32.2. The molecular formula is C13H19NOS. The molecule has 0 bridgehead atoms. The van der Waals surface area contributed by atoms with Crippen LogP contribution in [0.25, 0.3) is 0 Å². The number of hydrogen-bond donors (Lipinski definition) is 0. The second-order valence-corrected chi connectivity index (χ2v) is 5.30. The summed E-state index contributed by atoms with van der Waals surface area (Å²) in [5, 5.41) is 0. The fourth-order valence-corrected chi connectivity index (χ4v) is 1.96. The van der Waals surface area contributed by atoms with Crippen LogP contribution in [0.1, 0.15) is 31.1 Å².